The number of Topliss-reactive ketones (excluding diaryl/α,β-unsaturated/α-hetero) is 1. The maximum absolute atomic E-state index is 12.8. The highest BCUT2D eigenvalue weighted by Gasteiger charge is 2.82. The van der Waals surface area contributed by atoms with Gasteiger partial charge in [-0.2, -0.15) is 0 Å². The Bertz CT molecular complexity index is 902. The molecule has 0 saturated heterocycles. The van der Waals surface area contributed by atoms with Crippen LogP contribution in [0.3, 0.4) is 0 Å². The molecule has 2 N–H and O–H groups in total. The first kappa shape index (κ1) is 23.8. The van der Waals surface area contributed by atoms with Gasteiger partial charge in [0.2, 0.25) is 0 Å². The summed E-state index contributed by atoms with van der Waals surface area (Å²) in [5.74, 6) is 1.76. The van der Waals surface area contributed by atoms with Gasteiger partial charge in [0.25, 0.3) is 0 Å². The van der Waals surface area contributed by atoms with E-state index >= 15 is 0 Å². The van der Waals surface area contributed by atoms with E-state index in [0.29, 0.717) is 34.9 Å². The van der Waals surface area contributed by atoms with Crippen LogP contribution >= 0.6 is 0 Å². The van der Waals surface area contributed by atoms with Crippen molar-refractivity contribution in [2.24, 2.45) is 44.8 Å². The zero-order valence-corrected chi connectivity index (χ0v) is 21.7. The molecule has 3 nitrogen and oxygen atoms in total. The molecule has 9 unspecified atom stereocenters. The van der Waals surface area contributed by atoms with Gasteiger partial charge >= 0.3 is 0 Å². The van der Waals surface area contributed by atoms with Crippen molar-refractivity contribution >= 4 is 5.78 Å². The summed E-state index contributed by atoms with van der Waals surface area (Å²) in [6.45, 7) is 19.6. The molecule has 0 bridgehead atoms. The zero-order valence-electron chi connectivity index (χ0n) is 21.7. The predicted octanol–water partition coefficient (Wildman–Crippen LogP) is 6.24. The summed E-state index contributed by atoms with van der Waals surface area (Å²) in [6, 6.07) is 0. The summed E-state index contributed by atoms with van der Waals surface area (Å²) < 4.78 is 0. The van der Waals surface area contributed by atoms with E-state index < -0.39 is 6.10 Å². The third kappa shape index (κ3) is 2.79. The third-order valence-electron chi connectivity index (χ3n) is 12.6. The molecule has 2 spiro atoms. The summed E-state index contributed by atoms with van der Waals surface area (Å²) in [4.78, 5) is 12.8. The first-order chi connectivity index (χ1) is 15.3. The van der Waals surface area contributed by atoms with Gasteiger partial charge in [0.05, 0.1) is 12.2 Å². The molecular formula is C30H46O3. The van der Waals surface area contributed by atoms with Crippen molar-refractivity contribution in [1.29, 1.82) is 0 Å². The molecule has 0 amide bonds. The largest absolute Gasteiger partial charge is 0.392 e. The second-order valence-corrected chi connectivity index (χ2v) is 14.0. The van der Waals surface area contributed by atoms with Gasteiger partial charge in [0, 0.05) is 17.8 Å². The SMILES string of the molecule is C=C(C)C(O)CCC(=C)C1C(O)CC2(C)C3CCC4C(C)(C)C(=O)CCC45CC35CCC12C. The predicted molar refractivity (Wildman–Crippen MR) is 132 cm³/mol. The molecule has 9 atom stereocenters. The minimum atomic E-state index is -0.493. The number of carbonyl (C=O) groups is 1. The highest BCUT2D eigenvalue weighted by Crippen LogP contribution is 2.88. The van der Waals surface area contributed by atoms with E-state index in [4.69, 9.17) is 0 Å². The number of hydrogen-bond acceptors (Lipinski definition) is 3. The molecule has 5 aliphatic carbocycles. The topological polar surface area (TPSA) is 57.5 Å². The molecule has 5 saturated carbocycles. The average molecular weight is 455 g/mol. The second kappa shape index (κ2) is 7.06. The van der Waals surface area contributed by atoms with E-state index in [0.717, 1.165) is 43.3 Å². The molecule has 0 aliphatic heterocycles. The van der Waals surface area contributed by atoms with Crippen LogP contribution < -0.4 is 0 Å². The molecule has 0 aromatic heterocycles. The van der Waals surface area contributed by atoms with Gasteiger partial charge in [-0.15, -0.1) is 0 Å². The summed E-state index contributed by atoms with van der Waals surface area (Å²) >= 11 is 0. The van der Waals surface area contributed by atoms with Crippen LogP contribution in [0.5, 0.6) is 0 Å². The standard InChI is InChI=1S/C30H46O3/c1-18(2)20(31)9-8-19(3)25-21(32)16-28(7)23-11-10-22-26(4,5)24(33)12-13-29(22)17-30(23,29)15-14-27(25,28)6/h20-23,25,31-32H,1,3,8-17H2,2,4-7H3. The quantitative estimate of drug-likeness (QED) is 0.484. The maximum atomic E-state index is 12.8. The van der Waals surface area contributed by atoms with Crippen LogP contribution in [0, 0.1) is 44.8 Å². The lowest BCUT2D eigenvalue weighted by Crippen LogP contribution is -2.56. The summed E-state index contributed by atoms with van der Waals surface area (Å²) in [5, 5.41) is 21.7. The molecular weight excluding hydrogens is 408 g/mol. The molecule has 0 aromatic carbocycles. The van der Waals surface area contributed by atoms with Crippen molar-refractivity contribution in [3.05, 3.63) is 24.3 Å². The number of aliphatic hydroxyl groups excluding tert-OH is 2. The highest BCUT2D eigenvalue weighted by molar-refractivity contribution is 5.86. The molecule has 5 aliphatic rings. The number of aliphatic hydroxyl groups is 2. The lowest BCUT2D eigenvalue weighted by molar-refractivity contribution is -0.154. The smallest absolute Gasteiger partial charge is 0.138 e. The van der Waals surface area contributed by atoms with Crippen LogP contribution in [0.1, 0.15) is 98.8 Å². The monoisotopic (exact) mass is 454 g/mol. The Balaban J connectivity index is 1.43. The fourth-order valence-electron chi connectivity index (χ4n) is 10.7. The van der Waals surface area contributed by atoms with E-state index in [1.807, 2.05) is 6.92 Å². The minimum absolute atomic E-state index is 0.0458. The van der Waals surface area contributed by atoms with Crippen LogP contribution in [-0.4, -0.2) is 28.2 Å². The molecule has 0 aromatic rings. The second-order valence-electron chi connectivity index (χ2n) is 14.0. The van der Waals surface area contributed by atoms with Crippen molar-refractivity contribution < 1.29 is 15.0 Å². The van der Waals surface area contributed by atoms with Crippen LogP contribution in [0.25, 0.3) is 0 Å². The van der Waals surface area contributed by atoms with Crippen molar-refractivity contribution in [3.63, 3.8) is 0 Å². The number of fused-ring (bicyclic) bond motifs is 2. The summed E-state index contributed by atoms with van der Waals surface area (Å²) in [5.41, 5.74) is 2.64. The molecule has 5 fully saturated rings. The first-order valence-electron chi connectivity index (χ1n) is 13.5. The van der Waals surface area contributed by atoms with Crippen molar-refractivity contribution in [1.82, 2.24) is 0 Å². The van der Waals surface area contributed by atoms with E-state index in [1.165, 1.54) is 25.7 Å². The van der Waals surface area contributed by atoms with E-state index in [1.54, 1.807) is 0 Å². The first-order valence-corrected chi connectivity index (χ1v) is 13.5. The van der Waals surface area contributed by atoms with Crippen LogP contribution in [0.2, 0.25) is 0 Å². The van der Waals surface area contributed by atoms with Crippen molar-refractivity contribution in [2.45, 2.75) is 111 Å². The molecule has 5 rings (SSSR count). The van der Waals surface area contributed by atoms with Gasteiger partial charge in [-0.1, -0.05) is 52.0 Å². The maximum Gasteiger partial charge on any atom is 0.138 e. The number of carbonyl (C=O) groups excluding carboxylic acids is 1. The Kier molecular flexibility index (Phi) is 5.09. The van der Waals surface area contributed by atoms with Crippen LogP contribution in [0.15, 0.2) is 24.3 Å². The zero-order chi connectivity index (χ0) is 24.2. The normalized spacial score (nSPS) is 50.5. The van der Waals surface area contributed by atoms with Gasteiger partial charge in [-0.05, 0) is 98.2 Å². The van der Waals surface area contributed by atoms with Gasteiger partial charge in [-0.25, -0.2) is 0 Å². The Hall–Kier alpha value is -0.930. The Morgan fingerprint density at radius 1 is 1.03 bits per heavy atom. The van der Waals surface area contributed by atoms with E-state index in [-0.39, 0.29) is 28.3 Å². The highest BCUT2D eigenvalue weighted by atomic mass is 16.3. The van der Waals surface area contributed by atoms with Crippen LogP contribution in [0.4, 0.5) is 0 Å². The molecule has 0 radical (unpaired) electrons. The lowest BCUT2D eigenvalue weighted by atomic mass is 9.42. The Morgan fingerprint density at radius 2 is 1.67 bits per heavy atom. The molecule has 33 heavy (non-hydrogen) atoms. The van der Waals surface area contributed by atoms with E-state index in [2.05, 4.69) is 40.9 Å². The fraction of sp³-hybridized carbons (Fsp3) is 0.833. The minimum Gasteiger partial charge on any atom is -0.392 e. The van der Waals surface area contributed by atoms with Gasteiger partial charge in [-0.3, -0.25) is 4.79 Å². The molecule has 184 valence electrons. The van der Waals surface area contributed by atoms with Crippen LogP contribution in [-0.2, 0) is 4.79 Å². The van der Waals surface area contributed by atoms with Gasteiger partial charge < -0.3 is 10.2 Å². The summed E-state index contributed by atoms with van der Waals surface area (Å²) in [7, 11) is 0. The number of ketones is 1. The lowest BCUT2D eigenvalue weighted by Gasteiger charge is -2.62. The molecule has 0 heterocycles. The number of rotatable bonds is 5. The summed E-state index contributed by atoms with van der Waals surface area (Å²) in [6.07, 6.45) is 9.36. The molecule has 3 heteroatoms. The van der Waals surface area contributed by atoms with E-state index in [9.17, 15) is 15.0 Å². The van der Waals surface area contributed by atoms with Crippen molar-refractivity contribution in [2.75, 3.05) is 0 Å². The Morgan fingerprint density at radius 3 is 2.33 bits per heavy atom. The Labute approximate surface area is 201 Å². The average Bonchev–Trinajstić information content (AvgIpc) is 3.34. The fourth-order valence-corrected chi connectivity index (χ4v) is 10.7. The van der Waals surface area contributed by atoms with Crippen molar-refractivity contribution in [3.8, 4) is 0 Å². The van der Waals surface area contributed by atoms with Gasteiger partial charge in [0.1, 0.15) is 5.78 Å². The van der Waals surface area contributed by atoms with Gasteiger partial charge in [0.15, 0.2) is 0 Å². The number of hydrogen-bond donors (Lipinski definition) is 2. The third-order valence-corrected chi connectivity index (χ3v) is 12.6.